The molecule has 0 unspecified atom stereocenters. The van der Waals surface area contributed by atoms with Crippen molar-refractivity contribution in [3.05, 3.63) is 29.3 Å². The average molecular weight is 276 g/mol. The molecule has 4 heteroatoms. The van der Waals surface area contributed by atoms with Gasteiger partial charge in [-0.2, -0.15) is 0 Å². The van der Waals surface area contributed by atoms with Gasteiger partial charge in [-0.05, 0) is 49.8 Å². The Labute approximate surface area is 120 Å². The zero-order valence-electron chi connectivity index (χ0n) is 12.4. The van der Waals surface area contributed by atoms with Crippen LogP contribution < -0.4 is 5.73 Å². The highest BCUT2D eigenvalue weighted by atomic mass is 16.5. The quantitative estimate of drug-likeness (QED) is 0.859. The fraction of sp³-hybridized carbons (Fsp3) is 0.562. The van der Waals surface area contributed by atoms with Crippen molar-refractivity contribution >= 4 is 11.6 Å². The van der Waals surface area contributed by atoms with E-state index in [1.54, 1.807) is 11.0 Å². The number of anilines is 1. The highest BCUT2D eigenvalue weighted by molar-refractivity contribution is 5.96. The van der Waals surface area contributed by atoms with Crippen molar-refractivity contribution in [2.24, 2.45) is 5.92 Å². The van der Waals surface area contributed by atoms with E-state index >= 15 is 0 Å². The number of carbonyl (C=O) groups is 1. The van der Waals surface area contributed by atoms with Crippen LogP contribution in [0, 0.1) is 12.8 Å². The zero-order chi connectivity index (χ0) is 14.5. The molecule has 0 aromatic heterocycles. The van der Waals surface area contributed by atoms with Crippen LogP contribution in [0.25, 0.3) is 0 Å². The van der Waals surface area contributed by atoms with E-state index in [2.05, 4.69) is 0 Å². The minimum atomic E-state index is 0.0573. The summed E-state index contributed by atoms with van der Waals surface area (Å²) in [7, 11) is 1.87. The van der Waals surface area contributed by atoms with Gasteiger partial charge in [-0.1, -0.05) is 6.07 Å². The number of amides is 1. The first-order chi connectivity index (χ1) is 9.58. The Hall–Kier alpha value is -1.55. The maximum absolute atomic E-state index is 12.4. The molecule has 2 N–H and O–H groups in total. The summed E-state index contributed by atoms with van der Waals surface area (Å²) in [6, 6.07) is 5.49. The van der Waals surface area contributed by atoms with Gasteiger partial charge < -0.3 is 15.4 Å². The topological polar surface area (TPSA) is 55.6 Å². The van der Waals surface area contributed by atoms with Gasteiger partial charge in [-0.15, -0.1) is 0 Å². The van der Waals surface area contributed by atoms with Crippen LogP contribution in [0.1, 0.15) is 35.2 Å². The standard InChI is InChI=1S/C16H24N2O2/c1-12-3-4-14(17)11-15(12)16(19)18(2)8-5-13-6-9-20-10-7-13/h3-4,11,13H,5-10,17H2,1-2H3. The molecule has 1 saturated heterocycles. The van der Waals surface area contributed by atoms with E-state index in [1.165, 1.54) is 0 Å². The highest BCUT2D eigenvalue weighted by Gasteiger charge is 2.18. The lowest BCUT2D eigenvalue weighted by atomic mass is 9.96. The van der Waals surface area contributed by atoms with Crippen LogP contribution >= 0.6 is 0 Å². The molecule has 2 rings (SSSR count). The Morgan fingerprint density at radius 2 is 2.10 bits per heavy atom. The summed E-state index contributed by atoms with van der Waals surface area (Å²) >= 11 is 0. The Balaban J connectivity index is 1.92. The largest absolute Gasteiger partial charge is 0.399 e. The van der Waals surface area contributed by atoms with Crippen molar-refractivity contribution in [2.75, 3.05) is 32.5 Å². The second kappa shape index (κ2) is 6.75. The van der Waals surface area contributed by atoms with Crippen molar-refractivity contribution in [1.29, 1.82) is 0 Å². The van der Waals surface area contributed by atoms with E-state index in [-0.39, 0.29) is 5.91 Å². The van der Waals surface area contributed by atoms with Gasteiger partial charge in [-0.25, -0.2) is 0 Å². The SMILES string of the molecule is Cc1ccc(N)cc1C(=O)N(C)CCC1CCOCC1. The lowest BCUT2D eigenvalue weighted by molar-refractivity contribution is 0.0583. The minimum Gasteiger partial charge on any atom is -0.399 e. The van der Waals surface area contributed by atoms with Gasteiger partial charge in [0.15, 0.2) is 0 Å². The molecule has 1 fully saturated rings. The minimum absolute atomic E-state index is 0.0573. The molecule has 1 aliphatic heterocycles. The number of aryl methyl sites for hydroxylation is 1. The third-order valence-electron chi connectivity index (χ3n) is 4.05. The van der Waals surface area contributed by atoms with Gasteiger partial charge >= 0.3 is 0 Å². The van der Waals surface area contributed by atoms with Gasteiger partial charge in [0.2, 0.25) is 0 Å². The molecular formula is C16H24N2O2. The van der Waals surface area contributed by atoms with E-state index in [0.717, 1.165) is 44.6 Å². The molecule has 20 heavy (non-hydrogen) atoms. The predicted molar refractivity (Wildman–Crippen MR) is 80.7 cm³/mol. The molecule has 4 nitrogen and oxygen atoms in total. The summed E-state index contributed by atoms with van der Waals surface area (Å²) in [6.45, 7) is 4.45. The van der Waals surface area contributed by atoms with E-state index < -0.39 is 0 Å². The molecule has 1 aliphatic rings. The summed E-state index contributed by atoms with van der Waals surface area (Å²) in [5.41, 5.74) is 8.09. The predicted octanol–water partition coefficient (Wildman–Crippen LogP) is 2.47. The van der Waals surface area contributed by atoms with Gasteiger partial charge in [-0.3, -0.25) is 4.79 Å². The fourth-order valence-electron chi connectivity index (χ4n) is 2.59. The summed E-state index contributed by atoms with van der Waals surface area (Å²) in [5, 5.41) is 0. The Morgan fingerprint density at radius 1 is 1.40 bits per heavy atom. The van der Waals surface area contributed by atoms with Crippen LogP contribution in [0.2, 0.25) is 0 Å². The molecular weight excluding hydrogens is 252 g/mol. The number of nitrogen functional groups attached to an aromatic ring is 1. The number of nitrogens with zero attached hydrogens (tertiary/aromatic N) is 1. The maximum Gasteiger partial charge on any atom is 0.253 e. The lowest BCUT2D eigenvalue weighted by Crippen LogP contribution is -2.30. The van der Waals surface area contributed by atoms with Crippen LogP contribution in [-0.2, 0) is 4.74 Å². The molecule has 0 aliphatic carbocycles. The first-order valence-corrected chi connectivity index (χ1v) is 7.27. The molecule has 0 radical (unpaired) electrons. The number of nitrogens with two attached hydrogens (primary N) is 1. The second-order valence-corrected chi connectivity index (χ2v) is 5.65. The molecule has 0 bridgehead atoms. The number of ether oxygens (including phenoxy) is 1. The normalized spacial score (nSPS) is 16.1. The van der Waals surface area contributed by atoms with Gasteiger partial charge in [0, 0.05) is 38.1 Å². The first-order valence-electron chi connectivity index (χ1n) is 7.27. The van der Waals surface area contributed by atoms with Gasteiger partial charge in [0.25, 0.3) is 5.91 Å². The summed E-state index contributed by atoms with van der Waals surface area (Å²) in [4.78, 5) is 14.2. The van der Waals surface area contributed by atoms with Crippen LogP contribution in [0.3, 0.4) is 0 Å². The maximum atomic E-state index is 12.4. The van der Waals surface area contributed by atoms with Crippen molar-refractivity contribution in [3.63, 3.8) is 0 Å². The van der Waals surface area contributed by atoms with Gasteiger partial charge in [0.05, 0.1) is 0 Å². The van der Waals surface area contributed by atoms with Gasteiger partial charge in [0.1, 0.15) is 0 Å². The third-order valence-corrected chi connectivity index (χ3v) is 4.05. The molecule has 0 saturated carbocycles. The molecule has 0 spiro atoms. The third kappa shape index (κ3) is 3.73. The van der Waals surface area contributed by atoms with Crippen molar-refractivity contribution < 1.29 is 9.53 Å². The molecule has 1 aromatic rings. The van der Waals surface area contributed by atoms with E-state index in [1.807, 2.05) is 26.1 Å². The molecule has 110 valence electrons. The fourth-order valence-corrected chi connectivity index (χ4v) is 2.59. The second-order valence-electron chi connectivity index (χ2n) is 5.65. The lowest BCUT2D eigenvalue weighted by Gasteiger charge is -2.25. The van der Waals surface area contributed by atoms with Crippen LogP contribution in [-0.4, -0.2) is 37.6 Å². The summed E-state index contributed by atoms with van der Waals surface area (Å²) in [5.74, 6) is 0.739. The molecule has 1 heterocycles. The number of carbonyl (C=O) groups excluding carboxylic acids is 1. The van der Waals surface area contributed by atoms with Crippen LogP contribution in [0.4, 0.5) is 5.69 Å². The van der Waals surface area contributed by atoms with E-state index in [9.17, 15) is 4.79 Å². The Morgan fingerprint density at radius 3 is 2.80 bits per heavy atom. The number of hydrogen-bond donors (Lipinski definition) is 1. The summed E-state index contributed by atoms with van der Waals surface area (Å²) < 4.78 is 5.36. The number of hydrogen-bond acceptors (Lipinski definition) is 3. The Kier molecular flexibility index (Phi) is 5.01. The monoisotopic (exact) mass is 276 g/mol. The molecule has 0 atom stereocenters. The Bertz CT molecular complexity index is 468. The average Bonchev–Trinajstić information content (AvgIpc) is 2.47. The highest BCUT2D eigenvalue weighted by Crippen LogP contribution is 2.20. The number of rotatable bonds is 4. The first kappa shape index (κ1) is 14.9. The van der Waals surface area contributed by atoms with Crippen molar-refractivity contribution in [1.82, 2.24) is 4.90 Å². The zero-order valence-corrected chi connectivity index (χ0v) is 12.4. The summed E-state index contributed by atoms with van der Waals surface area (Å²) in [6.07, 6.45) is 3.27. The van der Waals surface area contributed by atoms with Crippen LogP contribution in [0.5, 0.6) is 0 Å². The number of benzene rings is 1. The smallest absolute Gasteiger partial charge is 0.253 e. The molecule has 1 amide bonds. The van der Waals surface area contributed by atoms with E-state index in [4.69, 9.17) is 10.5 Å². The molecule has 1 aromatic carbocycles. The van der Waals surface area contributed by atoms with E-state index in [0.29, 0.717) is 17.2 Å². The van der Waals surface area contributed by atoms with Crippen molar-refractivity contribution in [2.45, 2.75) is 26.2 Å². The van der Waals surface area contributed by atoms with Crippen LogP contribution in [0.15, 0.2) is 18.2 Å². The van der Waals surface area contributed by atoms with Crippen molar-refractivity contribution in [3.8, 4) is 0 Å².